The number of urea groups is 1. The number of piperidine rings is 1. The molecule has 1 atom stereocenters. The molecular formula is C14H24N2O3S. The number of thioether (sulfide) groups is 1. The van der Waals surface area contributed by atoms with Crippen LogP contribution in [-0.2, 0) is 4.79 Å². The summed E-state index contributed by atoms with van der Waals surface area (Å²) in [6, 6.07) is -0.101. The Morgan fingerprint density at radius 1 is 1.35 bits per heavy atom. The monoisotopic (exact) mass is 300 g/mol. The Hall–Kier alpha value is -0.910. The summed E-state index contributed by atoms with van der Waals surface area (Å²) in [5.41, 5.74) is 0. The first kappa shape index (κ1) is 15.5. The number of carbonyl (C=O) groups excluding carboxylic acids is 1. The topological polar surface area (TPSA) is 69.6 Å². The van der Waals surface area contributed by atoms with E-state index < -0.39 is 11.9 Å². The second kappa shape index (κ2) is 6.70. The second-order valence-electron chi connectivity index (χ2n) is 5.88. The zero-order valence-corrected chi connectivity index (χ0v) is 12.9. The van der Waals surface area contributed by atoms with E-state index in [1.54, 1.807) is 4.90 Å². The van der Waals surface area contributed by atoms with Gasteiger partial charge in [0.1, 0.15) is 0 Å². The summed E-state index contributed by atoms with van der Waals surface area (Å²) in [5.74, 6) is -1.20. The minimum absolute atomic E-state index is 0.101. The lowest BCUT2D eigenvalue weighted by molar-refractivity contribution is -0.143. The summed E-state index contributed by atoms with van der Waals surface area (Å²) >= 11 is 1.85. The number of carboxylic acid groups (broad SMARTS) is 1. The smallest absolute Gasteiger partial charge is 0.317 e. The van der Waals surface area contributed by atoms with Crippen molar-refractivity contribution in [3.63, 3.8) is 0 Å². The van der Waals surface area contributed by atoms with Crippen molar-refractivity contribution in [3.05, 3.63) is 0 Å². The number of carboxylic acids is 1. The lowest BCUT2D eigenvalue weighted by Gasteiger charge is -2.33. The molecule has 0 aromatic carbocycles. The van der Waals surface area contributed by atoms with Gasteiger partial charge < -0.3 is 15.3 Å². The molecule has 1 heterocycles. The molecule has 0 unspecified atom stereocenters. The quantitative estimate of drug-likeness (QED) is 0.835. The van der Waals surface area contributed by atoms with Gasteiger partial charge in [0.25, 0.3) is 0 Å². The highest BCUT2D eigenvalue weighted by atomic mass is 32.2. The Bertz CT molecular complexity index is 369. The summed E-state index contributed by atoms with van der Waals surface area (Å²) in [5, 5.41) is 12.1. The highest BCUT2D eigenvalue weighted by molar-refractivity contribution is 8.00. The Labute approximate surface area is 124 Å². The molecule has 0 bridgehead atoms. The first-order valence-corrected chi connectivity index (χ1v) is 8.59. The van der Waals surface area contributed by atoms with Crippen LogP contribution in [0.4, 0.5) is 4.79 Å². The molecule has 114 valence electrons. The maximum Gasteiger partial charge on any atom is 0.317 e. The maximum absolute atomic E-state index is 12.2. The highest BCUT2D eigenvalue weighted by Gasteiger charge is 2.34. The minimum atomic E-state index is -0.793. The molecular weight excluding hydrogens is 276 g/mol. The van der Waals surface area contributed by atoms with Gasteiger partial charge in [-0.1, -0.05) is 12.8 Å². The van der Waals surface area contributed by atoms with Gasteiger partial charge in [0, 0.05) is 24.4 Å². The van der Waals surface area contributed by atoms with Crippen LogP contribution in [0.15, 0.2) is 0 Å². The SMILES string of the molecule is CSC1(CNC(=O)N2CCC[C@H](C(=O)O)C2)CCCC1. The van der Waals surface area contributed by atoms with Crippen LogP contribution in [0.2, 0.25) is 0 Å². The first-order chi connectivity index (χ1) is 9.56. The molecule has 20 heavy (non-hydrogen) atoms. The first-order valence-electron chi connectivity index (χ1n) is 7.37. The maximum atomic E-state index is 12.2. The number of hydrogen-bond acceptors (Lipinski definition) is 3. The predicted octanol–water partition coefficient (Wildman–Crippen LogP) is 2.17. The van der Waals surface area contributed by atoms with Gasteiger partial charge in [0.2, 0.25) is 0 Å². The van der Waals surface area contributed by atoms with Crippen molar-refractivity contribution in [1.29, 1.82) is 0 Å². The molecule has 0 aromatic rings. The van der Waals surface area contributed by atoms with Gasteiger partial charge in [-0.25, -0.2) is 4.79 Å². The summed E-state index contributed by atoms with van der Waals surface area (Å²) < 4.78 is 0.192. The summed E-state index contributed by atoms with van der Waals surface area (Å²) in [6.07, 6.45) is 8.35. The molecule has 1 saturated carbocycles. The van der Waals surface area contributed by atoms with E-state index in [-0.39, 0.29) is 10.8 Å². The molecule has 2 aliphatic rings. The van der Waals surface area contributed by atoms with E-state index in [0.717, 1.165) is 19.3 Å². The van der Waals surface area contributed by atoms with Crippen LogP contribution in [0.25, 0.3) is 0 Å². The summed E-state index contributed by atoms with van der Waals surface area (Å²) in [6.45, 7) is 1.70. The number of aliphatic carboxylic acids is 1. The van der Waals surface area contributed by atoms with E-state index in [0.29, 0.717) is 26.1 Å². The third kappa shape index (κ3) is 3.59. The Kier molecular flexibility index (Phi) is 5.18. The molecule has 2 rings (SSSR count). The second-order valence-corrected chi connectivity index (χ2v) is 7.15. The van der Waals surface area contributed by atoms with Crippen LogP contribution >= 0.6 is 11.8 Å². The van der Waals surface area contributed by atoms with Crippen LogP contribution in [0, 0.1) is 5.92 Å². The fourth-order valence-electron chi connectivity index (χ4n) is 3.18. The molecule has 2 fully saturated rings. The van der Waals surface area contributed by atoms with Crippen LogP contribution in [0.5, 0.6) is 0 Å². The largest absolute Gasteiger partial charge is 0.481 e. The molecule has 0 aromatic heterocycles. The van der Waals surface area contributed by atoms with Crippen molar-refractivity contribution in [2.45, 2.75) is 43.3 Å². The van der Waals surface area contributed by atoms with Gasteiger partial charge in [-0.3, -0.25) is 4.79 Å². The van der Waals surface area contributed by atoms with Gasteiger partial charge >= 0.3 is 12.0 Å². The van der Waals surface area contributed by atoms with E-state index in [9.17, 15) is 9.59 Å². The van der Waals surface area contributed by atoms with Crippen molar-refractivity contribution >= 4 is 23.8 Å². The van der Waals surface area contributed by atoms with Gasteiger partial charge in [0.05, 0.1) is 5.92 Å². The van der Waals surface area contributed by atoms with Gasteiger partial charge in [0.15, 0.2) is 0 Å². The fraction of sp³-hybridized carbons (Fsp3) is 0.857. The zero-order valence-electron chi connectivity index (χ0n) is 12.1. The summed E-state index contributed by atoms with van der Waals surface area (Å²) in [4.78, 5) is 24.9. The number of nitrogens with one attached hydrogen (secondary N) is 1. The van der Waals surface area contributed by atoms with Crippen molar-refractivity contribution in [1.82, 2.24) is 10.2 Å². The molecule has 0 spiro atoms. The number of hydrogen-bond donors (Lipinski definition) is 2. The van der Waals surface area contributed by atoms with Crippen LogP contribution in [0.3, 0.4) is 0 Å². The molecule has 1 aliphatic heterocycles. The van der Waals surface area contributed by atoms with E-state index in [1.165, 1.54) is 12.8 Å². The standard InChI is InChI=1S/C14H24N2O3S/c1-20-14(6-2-3-7-14)10-15-13(19)16-8-4-5-11(9-16)12(17)18/h11H,2-10H2,1H3,(H,15,19)(H,17,18)/t11-/m0/s1. The predicted molar refractivity (Wildman–Crippen MR) is 80.0 cm³/mol. The number of amides is 2. The normalized spacial score (nSPS) is 25.4. The lowest BCUT2D eigenvalue weighted by atomic mass is 9.99. The van der Waals surface area contributed by atoms with Crippen molar-refractivity contribution in [3.8, 4) is 0 Å². The van der Waals surface area contributed by atoms with Crippen LogP contribution in [-0.4, -0.2) is 52.6 Å². The van der Waals surface area contributed by atoms with Crippen molar-refractivity contribution in [2.75, 3.05) is 25.9 Å². The Morgan fingerprint density at radius 3 is 2.65 bits per heavy atom. The fourth-order valence-corrected chi connectivity index (χ4v) is 4.10. The third-order valence-corrected chi connectivity index (χ3v) is 5.99. The molecule has 6 heteroatoms. The average molecular weight is 300 g/mol. The van der Waals surface area contributed by atoms with Crippen molar-refractivity contribution < 1.29 is 14.7 Å². The molecule has 1 saturated heterocycles. The van der Waals surface area contributed by atoms with E-state index in [1.807, 2.05) is 11.8 Å². The number of nitrogens with zero attached hydrogens (tertiary/aromatic N) is 1. The minimum Gasteiger partial charge on any atom is -0.481 e. The molecule has 2 amide bonds. The Balaban J connectivity index is 1.83. The lowest BCUT2D eigenvalue weighted by Crippen LogP contribution is -2.49. The van der Waals surface area contributed by atoms with E-state index >= 15 is 0 Å². The van der Waals surface area contributed by atoms with Crippen molar-refractivity contribution in [2.24, 2.45) is 5.92 Å². The third-order valence-electron chi connectivity index (χ3n) is 4.57. The average Bonchev–Trinajstić information content (AvgIpc) is 2.94. The Morgan fingerprint density at radius 2 is 2.05 bits per heavy atom. The molecule has 0 radical (unpaired) electrons. The molecule has 5 nitrogen and oxygen atoms in total. The van der Waals surface area contributed by atoms with Gasteiger partial charge in [-0.2, -0.15) is 11.8 Å². The zero-order chi connectivity index (χ0) is 14.6. The molecule has 2 N–H and O–H groups in total. The van der Waals surface area contributed by atoms with Crippen LogP contribution in [0.1, 0.15) is 38.5 Å². The molecule has 1 aliphatic carbocycles. The highest BCUT2D eigenvalue weighted by Crippen LogP contribution is 2.39. The van der Waals surface area contributed by atoms with E-state index in [2.05, 4.69) is 11.6 Å². The van der Waals surface area contributed by atoms with Gasteiger partial charge in [-0.05, 0) is 31.9 Å². The number of carbonyl (C=O) groups is 2. The number of rotatable bonds is 4. The van der Waals surface area contributed by atoms with Crippen LogP contribution < -0.4 is 5.32 Å². The number of likely N-dealkylation sites (tertiary alicyclic amines) is 1. The summed E-state index contributed by atoms with van der Waals surface area (Å²) in [7, 11) is 0. The van der Waals surface area contributed by atoms with E-state index in [4.69, 9.17) is 5.11 Å². The van der Waals surface area contributed by atoms with Gasteiger partial charge in [-0.15, -0.1) is 0 Å².